The molecule has 0 bridgehead atoms. The molecule has 1 aromatic carbocycles. The van der Waals surface area contributed by atoms with E-state index >= 15 is 0 Å². The van der Waals surface area contributed by atoms with Gasteiger partial charge in [0.2, 0.25) is 0 Å². The van der Waals surface area contributed by atoms with E-state index < -0.39 is 0 Å². The highest BCUT2D eigenvalue weighted by atomic mass is 79.9. The van der Waals surface area contributed by atoms with Crippen molar-refractivity contribution in [3.63, 3.8) is 0 Å². The fourth-order valence-corrected chi connectivity index (χ4v) is 1.91. The van der Waals surface area contributed by atoms with Gasteiger partial charge in [-0.15, -0.1) is 0 Å². The normalized spacial score (nSPS) is 10.9. The molecule has 0 fully saturated rings. The Hall–Kier alpha value is -0.540. The molecule has 0 atom stereocenters. The van der Waals surface area contributed by atoms with Gasteiger partial charge in [0.1, 0.15) is 5.52 Å². The van der Waals surface area contributed by atoms with Crippen LogP contribution >= 0.6 is 27.5 Å². The number of fused-ring (bicyclic) bond motifs is 1. The average molecular weight is 246 g/mol. The monoisotopic (exact) mass is 245 g/mol. The average Bonchev–Trinajstić information content (AvgIpc) is 2.29. The van der Waals surface area contributed by atoms with Crippen LogP contribution in [-0.4, -0.2) is 4.98 Å². The summed E-state index contributed by atoms with van der Waals surface area (Å²) in [6, 6.07) is 3.89. The van der Waals surface area contributed by atoms with E-state index in [9.17, 15) is 0 Å². The Morgan fingerprint density at radius 3 is 3.00 bits per heavy atom. The van der Waals surface area contributed by atoms with Crippen molar-refractivity contribution >= 4 is 38.6 Å². The number of oxazole rings is 1. The number of hydrogen-bond donors (Lipinski definition) is 0. The van der Waals surface area contributed by atoms with Crippen molar-refractivity contribution in [2.45, 2.75) is 6.92 Å². The maximum atomic E-state index is 5.61. The largest absolute Gasteiger partial charge is 0.426 e. The lowest BCUT2D eigenvalue weighted by Gasteiger charge is -1.93. The van der Waals surface area contributed by atoms with Crippen molar-refractivity contribution in [2.24, 2.45) is 0 Å². The minimum Gasteiger partial charge on any atom is -0.426 e. The van der Waals surface area contributed by atoms with Crippen molar-refractivity contribution in [3.8, 4) is 0 Å². The maximum Gasteiger partial charge on any atom is 0.293 e. The molecule has 2 aromatic rings. The zero-order valence-corrected chi connectivity index (χ0v) is 8.61. The molecular formula is C8H5BrClNO. The SMILES string of the molecule is Cc1cc(Br)c2oc(Cl)nc2c1. The van der Waals surface area contributed by atoms with E-state index in [0.717, 1.165) is 15.6 Å². The molecule has 0 saturated heterocycles. The van der Waals surface area contributed by atoms with Gasteiger partial charge in [0.05, 0.1) is 4.47 Å². The Kier molecular flexibility index (Phi) is 1.85. The Morgan fingerprint density at radius 1 is 1.50 bits per heavy atom. The number of halogens is 2. The van der Waals surface area contributed by atoms with E-state index in [4.69, 9.17) is 16.0 Å². The first-order chi connectivity index (χ1) is 5.66. The van der Waals surface area contributed by atoms with Gasteiger partial charge in [-0.05, 0) is 52.2 Å². The van der Waals surface area contributed by atoms with E-state index in [1.165, 1.54) is 0 Å². The van der Waals surface area contributed by atoms with Crippen molar-refractivity contribution in [3.05, 3.63) is 27.5 Å². The van der Waals surface area contributed by atoms with Crippen molar-refractivity contribution in [1.82, 2.24) is 4.98 Å². The molecule has 0 saturated carbocycles. The smallest absolute Gasteiger partial charge is 0.293 e. The van der Waals surface area contributed by atoms with Crippen LogP contribution < -0.4 is 0 Å². The molecule has 1 aromatic heterocycles. The molecule has 0 aliphatic heterocycles. The van der Waals surface area contributed by atoms with E-state index in [2.05, 4.69) is 20.9 Å². The molecule has 0 aliphatic rings. The third-order valence-corrected chi connectivity index (χ3v) is 2.31. The van der Waals surface area contributed by atoms with Gasteiger partial charge in [0, 0.05) is 0 Å². The highest BCUT2D eigenvalue weighted by molar-refractivity contribution is 9.10. The number of rotatable bonds is 0. The van der Waals surface area contributed by atoms with Gasteiger partial charge in [-0.1, -0.05) is 0 Å². The van der Waals surface area contributed by atoms with Crippen LogP contribution in [0.15, 0.2) is 21.0 Å². The summed E-state index contributed by atoms with van der Waals surface area (Å²) in [6.07, 6.45) is 0. The molecule has 0 N–H and O–H groups in total. The molecule has 2 nitrogen and oxygen atoms in total. The predicted molar refractivity (Wildman–Crippen MR) is 51.5 cm³/mol. The summed E-state index contributed by atoms with van der Waals surface area (Å²) >= 11 is 8.98. The lowest BCUT2D eigenvalue weighted by molar-refractivity contribution is 0.603. The van der Waals surface area contributed by atoms with Crippen LogP contribution in [0.1, 0.15) is 5.56 Å². The van der Waals surface area contributed by atoms with Crippen LogP contribution in [0, 0.1) is 6.92 Å². The molecule has 0 unspecified atom stereocenters. The fraction of sp³-hybridized carbons (Fsp3) is 0.125. The third-order valence-electron chi connectivity index (χ3n) is 1.56. The molecular weight excluding hydrogens is 241 g/mol. The van der Waals surface area contributed by atoms with Gasteiger partial charge >= 0.3 is 0 Å². The van der Waals surface area contributed by atoms with Gasteiger partial charge in [-0.3, -0.25) is 0 Å². The minimum absolute atomic E-state index is 0.177. The number of benzene rings is 1. The third kappa shape index (κ3) is 1.23. The number of nitrogens with zero attached hydrogens (tertiary/aromatic N) is 1. The first-order valence-corrected chi connectivity index (χ1v) is 4.56. The summed E-state index contributed by atoms with van der Waals surface area (Å²) in [4.78, 5) is 4.00. The van der Waals surface area contributed by atoms with Gasteiger partial charge in [-0.2, -0.15) is 4.98 Å². The van der Waals surface area contributed by atoms with Gasteiger partial charge < -0.3 is 4.42 Å². The Bertz CT molecular complexity index is 438. The standard InChI is InChI=1S/C8H5BrClNO/c1-4-2-5(9)7-6(3-4)11-8(10)12-7/h2-3H,1H3. The highest BCUT2D eigenvalue weighted by Gasteiger charge is 2.07. The quantitative estimate of drug-likeness (QED) is 0.710. The highest BCUT2D eigenvalue weighted by Crippen LogP contribution is 2.27. The van der Waals surface area contributed by atoms with E-state index in [0.29, 0.717) is 5.58 Å². The molecule has 0 aliphatic carbocycles. The topological polar surface area (TPSA) is 26.0 Å². The molecule has 0 spiro atoms. The summed E-state index contributed by atoms with van der Waals surface area (Å²) in [5.41, 5.74) is 2.61. The molecule has 12 heavy (non-hydrogen) atoms. The lowest BCUT2D eigenvalue weighted by atomic mass is 10.2. The number of aryl methyl sites for hydroxylation is 1. The Labute approximate surface area is 82.7 Å². The second-order valence-electron chi connectivity index (χ2n) is 2.56. The molecule has 2 rings (SSSR count). The van der Waals surface area contributed by atoms with Gasteiger partial charge in [0.25, 0.3) is 5.35 Å². The predicted octanol–water partition coefficient (Wildman–Crippen LogP) is 3.55. The van der Waals surface area contributed by atoms with Gasteiger partial charge in [0.15, 0.2) is 5.58 Å². The second kappa shape index (κ2) is 2.75. The second-order valence-corrected chi connectivity index (χ2v) is 3.74. The summed E-state index contributed by atoms with van der Waals surface area (Å²) in [7, 11) is 0. The summed E-state index contributed by atoms with van der Waals surface area (Å²) in [5.74, 6) is 0. The maximum absolute atomic E-state index is 5.61. The van der Waals surface area contributed by atoms with E-state index in [1.807, 2.05) is 19.1 Å². The van der Waals surface area contributed by atoms with Crippen molar-refractivity contribution in [2.75, 3.05) is 0 Å². The van der Waals surface area contributed by atoms with E-state index in [-0.39, 0.29) is 5.35 Å². The van der Waals surface area contributed by atoms with Crippen LogP contribution in [0.5, 0.6) is 0 Å². The zero-order valence-electron chi connectivity index (χ0n) is 6.27. The minimum atomic E-state index is 0.177. The van der Waals surface area contributed by atoms with Crippen molar-refractivity contribution < 1.29 is 4.42 Å². The molecule has 0 amide bonds. The molecule has 0 radical (unpaired) electrons. The van der Waals surface area contributed by atoms with Crippen LogP contribution in [0.3, 0.4) is 0 Å². The fourth-order valence-electron chi connectivity index (χ4n) is 1.10. The molecule has 4 heteroatoms. The summed E-state index contributed by atoms with van der Waals surface area (Å²) in [5, 5.41) is 0.177. The van der Waals surface area contributed by atoms with E-state index in [1.54, 1.807) is 0 Å². The molecule has 62 valence electrons. The Morgan fingerprint density at radius 2 is 2.25 bits per heavy atom. The number of hydrogen-bond acceptors (Lipinski definition) is 2. The van der Waals surface area contributed by atoms with Crippen molar-refractivity contribution in [1.29, 1.82) is 0 Å². The van der Waals surface area contributed by atoms with Gasteiger partial charge in [-0.25, -0.2) is 0 Å². The van der Waals surface area contributed by atoms with Crippen LogP contribution in [0.2, 0.25) is 5.35 Å². The van der Waals surface area contributed by atoms with Crippen LogP contribution in [0.4, 0.5) is 0 Å². The Balaban J connectivity index is 2.88. The lowest BCUT2D eigenvalue weighted by Crippen LogP contribution is -1.74. The zero-order chi connectivity index (χ0) is 8.72. The number of aromatic nitrogens is 1. The summed E-state index contributed by atoms with van der Waals surface area (Å²) < 4.78 is 6.05. The van der Waals surface area contributed by atoms with Crippen LogP contribution in [0.25, 0.3) is 11.1 Å². The summed E-state index contributed by atoms with van der Waals surface area (Å²) in [6.45, 7) is 1.99. The first kappa shape index (κ1) is 8.08. The van der Waals surface area contributed by atoms with Crippen LogP contribution in [-0.2, 0) is 0 Å². The molecule has 1 heterocycles. The first-order valence-electron chi connectivity index (χ1n) is 3.39.